The molecular formula is C14H19N3O2S. The summed E-state index contributed by atoms with van der Waals surface area (Å²) in [4.78, 5) is 14.1. The predicted molar refractivity (Wildman–Crippen MR) is 78.5 cm³/mol. The van der Waals surface area contributed by atoms with Crippen LogP contribution in [0.2, 0.25) is 0 Å². The van der Waals surface area contributed by atoms with Crippen LogP contribution in [0, 0.1) is 16.7 Å². The van der Waals surface area contributed by atoms with E-state index in [4.69, 9.17) is 5.26 Å². The number of aliphatic hydroxyl groups excluding tert-OH is 1. The van der Waals surface area contributed by atoms with Crippen molar-refractivity contribution in [2.24, 2.45) is 5.41 Å². The first-order valence-electron chi connectivity index (χ1n) is 6.67. The second kappa shape index (κ2) is 6.35. The monoisotopic (exact) mass is 293 g/mol. The molecule has 0 spiro atoms. The lowest BCUT2D eigenvalue weighted by Gasteiger charge is -2.38. The molecule has 0 bridgehead atoms. The van der Waals surface area contributed by atoms with Crippen molar-refractivity contribution >= 4 is 22.2 Å². The average molecular weight is 293 g/mol. The summed E-state index contributed by atoms with van der Waals surface area (Å²) in [5.74, 6) is -0.105. The lowest BCUT2D eigenvalue weighted by atomic mass is 9.83. The molecule has 1 aromatic rings. The summed E-state index contributed by atoms with van der Waals surface area (Å²) in [6.07, 6.45) is 1.98. The molecule has 1 aromatic heterocycles. The van der Waals surface area contributed by atoms with Gasteiger partial charge in [0, 0.05) is 18.6 Å². The molecule has 1 atom stereocenters. The average Bonchev–Trinajstić information content (AvgIpc) is 2.86. The van der Waals surface area contributed by atoms with Gasteiger partial charge in [-0.25, -0.2) is 0 Å². The lowest BCUT2D eigenvalue weighted by molar-refractivity contribution is -0.118. The number of aliphatic hydroxyl groups is 1. The molecule has 2 N–H and O–H groups in total. The number of carbonyl (C=O) groups excluding carboxylic acids is 1. The van der Waals surface area contributed by atoms with Crippen molar-refractivity contribution in [1.29, 1.82) is 5.26 Å². The first kappa shape index (κ1) is 15.0. The molecule has 5 nitrogen and oxygen atoms in total. The van der Waals surface area contributed by atoms with E-state index in [9.17, 15) is 9.90 Å². The minimum Gasteiger partial charge on any atom is -0.396 e. The van der Waals surface area contributed by atoms with Gasteiger partial charge in [-0.3, -0.25) is 9.69 Å². The van der Waals surface area contributed by atoms with Crippen molar-refractivity contribution in [1.82, 2.24) is 4.90 Å². The number of piperidine rings is 1. The minimum atomic E-state index is -0.112. The SMILES string of the molecule is CC1(CO)CCCN(CC(=O)Nc2sccc2C#N)C1. The van der Waals surface area contributed by atoms with Crippen LogP contribution in [0.1, 0.15) is 25.3 Å². The number of hydrogen-bond acceptors (Lipinski definition) is 5. The predicted octanol–water partition coefficient (Wildman–Crippen LogP) is 1.65. The molecule has 1 aliphatic heterocycles. The second-order valence-corrected chi connectivity index (χ2v) is 6.52. The van der Waals surface area contributed by atoms with Crippen LogP contribution in [0.15, 0.2) is 11.4 Å². The van der Waals surface area contributed by atoms with Crippen LogP contribution in [0.25, 0.3) is 0 Å². The van der Waals surface area contributed by atoms with Crippen molar-refractivity contribution in [3.05, 3.63) is 17.0 Å². The van der Waals surface area contributed by atoms with E-state index in [0.717, 1.165) is 25.9 Å². The van der Waals surface area contributed by atoms with Gasteiger partial charge in [-0.05, 0) is 30.8 Å². The fourth-order valence-electron chi connectivity index (χ4n) is 2.55. The first-order chi connectivity index (χ1) is 9.56. The number of anilines is 1. The van der Waals surface area contributed by atoms with E-state index < -0.39 is 0 Å². The number of likely N-dealkylation sites (tertiary alicyclic amines) is 1. The Kier molecular flexibility index (Phi) is 4.76. The molecule has 0 aromatic carbocycles. The van der Waals surface area contributed by atoms with Gasteiger partial charge >= 0.3 is 0 Å². The number of hydrogen-bond donors (Lipinski definition) is 2. The number of carbonyl (C=O) groups is 1. The van der Waals surface area contributed by atoms with Crippen molar-refractivity contribution < 1.29 is 9.90 Å². The van der Waals surface area contributed by atoms with E-state index in [-0.39, 0.29) is 17.9 Å². The highest BCUT2D eigenvalue weighted by atomic mass is 32.1. The number of rotatable bonds is 4. The summed E-state index contributed by atoms with van der Waals surface area (Å²) in [6, 6.07) is 3.75. The maximum atomic E-state index is 12.0. The van der Waals surface area contributed by atoms with E-state index in [1.807, 2.05) is 6.92 Å². The summed E-state index contributed by atoms with van der Waals surface area (Å²) in [7, 11) is 0. The normalized spacial score (nSPS) is 23.2. The molecular weight excluding hydrogens is 274 g/mol. The van der Waals surface area contributed by atoms with E-state index in [1.165, 1.54) is 11.3 Å². The van der Waals surface area contributed by atoms with Gasteiger partial charge in [-0.15, -0.1) is 11.3 Å². The third kappa shape index (κ3) is 3.57. The zero-order valence-corrected chi connectivity index (χ0v) is 12.4. The van der Waals surface area contributed by atoms with Crippen LogP contribution in [0.3, 0.4) is 0 Å². The molecule has 0 radical (unpaired) electrons. The van der Waals surface area contributed by atoms with Crippen molar-refractivity contribution in [2.75, 3.05) is 31.6 Å². The molecule has 108 valence electrons. The second-order valence-electron chi connectivity index (χ2n) is 5.61. The third-order valence-corrected chi connectivity index (χ3v) is 4.48. The van der Waals surface area contributed by atoms with Gasteiger partial charge in [-0.2, -0.15) is 5.26 Å². The van der Waals surface area contributed by atoms with Crippen LogP contribution in [0.4, 0.5) is 5.00 Å². The molecule has 2 heterocycles. The molecule has 1 amide bonds. The number of thiophene rings is 1. The zero-order valence-electron chi connectivity index (χ0n) is 11.6. The summed E-state index contributed by atoms with van der Waals surface area (Å²) in [5, 5.41) is 23.5. The van der Waals surface area contributed by atoms with Crippen LogP contribution in [0.5, 0.6) is 0 Å². The van der Waals surface area contributed by atoms with Crippen molar-refractivity contribution in [3.63, 3.8) is 0 Å². The Morgan fingerprint density at radius 1 is 1.70 bits per heavy atom. The smallest absolute Gasteiger partial charge is 0.239 e. The molecule has 1 unspecified atom stereocenters. The quantitative estimate of drug-likeness (QED) is 0.885. The molecule has 0 aliphatic carbocycles. The minimum absolute atomic E-state index is 0.105. The molecule has 2 rings (SSSR count). The van der Waals surface area contributed by atoms with Crippen LogP contribution >= 0.6 is 11.3 Å². The molecule has 20 heavy (non-hydrogen) atoms. The molecule has 1 saturated heterocycles. The largest absolute Gasteiger partial charge is 0.396 e. The molecule has 0 saturated carbocycles. The number of nitriles is 1. The Morgan fingerprint density at radius 3 is 3.20 bits per heavy atom. The van der Waals surface area contributed by atoms with E-state index in [1.54, 1.807) is 11.4 Å². The Hall–Kier alpha value is -1.42. The van der Waals surface area contributed by atoms with Crippen molar-refractivity contribution in [2.45, 2.75) is 19.8 Å². The maximum Gasteiger partial charge on any atom is 0.239 e. The molecule has 1 fully saturated rings. The van der Waals surface area contributed by atoms with Crippen LogP contribution in [-0.4, -0.2) is 42.2 Å². The molecule has 6 heteroatoms. The molecule has 1 aliphatic rings. The van der Waals surface area contributed by atoms with E-state index in [0.29, 0.717) is 17.1 Å². The van der Waals surface area contributed by atoms with Crippen molar-refractivity contribution in [3.8, 4) is 6.07 Å². The lowest BCUT2D eigenvalue weighted by Crippen LogP contribution is -2.46. The number of nitrogens with zero attached hydrogens (tertiary/aromatic N) is 2. The van der Waals surface area contributed by atoms with Gasteiger partial charge in [0.15, 0.2) is 0 Å². The van der Waals surface area contributed by atoms with E-state index >= 15 is 0 Å². The van der Waals surface area contributed by atoms with Gasteiger partial charge < -0.3 is 10.4 Å². The van der Waals surface area contributed by atoms with Crippen LogP contribution in [-0.2, 0) is 4.79 Å². The summed E-state index contributed by atoms with van der Waals surface area (Å²) >= 11 is 1.36. The van der Waals surface area contributed by atoms with Crippen LogP contribution < -0.4 is 5.32 Å². The highest BCUT2D eigenvalue weighted by Crippen LogP contribution is 2.28. The van der Waals surface area contributed by atoms with Gasteiger partial charge in [0.1, 0.15) is 11.1 Å². The van der Waals surface area contributed by atoms with Gasteiger partial charge in [0.05, 0.1) is 12.1 Å². The Labute approximate surface area is 122 Å². The van der Waals surface area contributed by atoms with Gasteiger partial charge in [-0.1, -0.05) is 6.92 Å². The first-order valence-corrected chi connectivity index (χ1v) is 7.55. The Morgan fingerprint density at radius 2 is 2.50 bits per heavy atom. The standard InChI is InChI=1S/C14H19N3O2S/c1-14(10-18)4-2-5-17(9-14)8-12(19)16-13-11(7-15)3-6-20-13/h3,6,18H,2,4-5,8-10H2,1H3,(H,16,19). The van der Waals surface area contributed by atoms with Gasteiger partial charge in [0.25, 0.3) is 0 Å². The topological polar surface area (TPSA) is 76.4 Å². The zero-order chi connectivity index (χ0) is 14.6. The Balaban J connectivity index is 1.90. The number of amides is 1. The summed E-state index contributed by atoms with van der Waals surface area (Å²) in [6.45, 7) is 4.10. The van der Waals surface area contributed by atoms with E-state index in [2.05, 4.69) is 16.3 Å². The maximum absolute atomic E-state index is 12.0. The summed E-state index contributed by atoms with van der Waals surface area (Å²) < 4.78 is 0. The fraction of sp³-hybridized carbons (Fsp3) is 0.571. The highest BCUT2D eigenvalue weighted by molar-refractivity contribution is 7.14. The number of nitrogens with one attached hydrogen (secondary N) is 1. The Bertz CT molecular complexity index is 523. The fourth-order valence-corrected chi connectivity index (χ4v) is 3.31. The third-order valence-electron chi connectivity index (χ3n) is 3.65. The summed E-state index contributed by atoms with van der Waals surface area (Å²) in [5.41, 5.74) is 0.390. The highest BCUT2D eigenvalue weighted by Gasteiger charge is 2.31. The van der Waals surface area contributed by atoms with Gasteiger partial charge in [0.2, 0.25) is 5.91 Å².